The minimum absolute atomic E-state index is 0.0713. The van der Waals surface area contributed by atoms with Gasteiger partial charge in [0.15, 0.2) is 11.5 Å². The molecular weight excluding hydrogens is 629 g/mol. The molecule has 2 aromatic carbocycles. The van der Waals surface area contributed by atoms with Crippen LogP contribution in [0.4, 0.5) is 10.5 Å². The van der Waals surface area contributed by atoms with E-state index in [4.69, 9.17) is 14.2 Å². The zero-order valence-corrected chi connectivity index (χ0v) is 28.8. The first-order valence-corrected chi connectivity index (χ1v) is 18.1. The summed E-state index contributed by atoms with van der Waals surface area (Å²) in [7, 11) is -0.302. The molecule has 1 saturated heterocycles. The molecule has 0 bridgehead atoms. The maximum atomic E-state index is 14.0. The summed E-state index contributed by atoms with van der Waals surface area (Å²) in [6.45, 7) is 8.55. The van der Waals surface area contributed by atoms with Gasteiger partial charge in [0.1, 0.15) is 10.2 Å². The molecule has 2 atom stereocenters. The van der Waals surface area contributed by atoms with Gasteiger partial charge >= 0.3 is 6.09 Å². The van der Waals surface area contributed by atoms with E-state index in [1.807, 2.05) is 73.6 Å². The van der Waals surface area contributed by atoms with Crippen LogP contribution in [0.2, 0.25) is 0 Å². The van der Waals surface area contributed by atoms with E-state index in [1.165, 1.54) is 11.8 Å². The fourth-order valence-electron chi connectivity index (χ4n) is 6.07. The first-order valence-electron chi connectivity index (χ1n) is 15.6. The van der Waals surface area contributed by atoms with Crippen molar-refractivity contribution in [2.45, 2.75) is 62.8 Å². The number of anilines is 1. The minimum atomic E-state index is -3.46. The lowest BCUT2D eigenvalue weighted by Crippen LogP contribution is -2.50. The Bertz CT molecular complexity index is 1560. The maximum Gasteiger partial charge on any atom is 0.410 e. The molecule has 0 saturated carbocycles. The molecule has 13 heteroatoms. The number of carbonyl (C=O) groups is 2. The van der Waals surface area contributed by atoms with E-state index in [-0.39, 0.29) is 24.6 Å². The number of allylic oxidation sites excluding steroid dienone is 1. The van der Waals surface area contributed by atoms with Crippen molar-refractivity contribution in [3.05, 3.63) is 64.6 Å². The molecule has 250 valence electrons. The summed E-state index contributed by atoms with van der Waals surface area (Å²) in [6.07, 6.45) is 3.12. The second-order valence-corrected chi connectivity index (χ2v) is 15.9. The molecule has 2 amide bonds. The Hall–Kier alpha value is -3.42. The highest BCUT2D eigenvalue weighted by Crippen LogP contribution is 2.40. The van der Waals surface area contributed by atoms with Crippen LogP contribution in [0, 0.1) is 0 Å². The van der Waals surface area contributed by atoms with E-state index in [0.717, 1.165) is 16.8 Å². The number of hydrogen-bond donors (Lipinski definition) is 1. The number of ether oxygens (including phenoxy) is 3. The number of fused-ring (bicyclic) bond motifs is 1. The number of rotatable bonds is 11. The monoisotopic (exact) mass is 672 g/mol. The van der Waals surface area contributed by atoms with E-state index in [1.54, 1.807) is 19.1 Å². The fourth-order valence-corrected chi connectivity index (χ4v) is 8.65. The normalized spacial score (nSPS) is 18.9. The van der Waals surface area contributed by atoms with Crippen molar-refractivity contribution < 1.29 is 32.2 Å². The molecule has 3 aliphatic rings. The van der Waals surface area contributed by atoms with Crippen LogP contribution in [0.5, 0.6) is 11.5 Å². The van der Waals surface area contributed by atoms with Gasteiger partial charge < -0.3 is 28.9 Å². The van der Waals surface area contributed by atoms with Gasteiger partial charge in [-0.05, 0) is 75.3 Å². The molecule has 0 radical (unpaired) electrons. The third kappa shape index (κ3) is 7.58. The number of thioether (sulfide) groups is 1. The van der Waals surface area contributed by atoms with Crippen LogP contribution in [-0.4, -0.2) is 87.3 Å². The molecule has 5 rings (SSSR count). The Labute approximate surface area is 276 Å². The molecule has 1 N–H and O–H groups in total. The topological polar surface area (TPSA) is 118 Å². The van der Waals surface area contributed by atoms with Crippen LogP contribution in [0.15, 0.2) is 47.9 Å². The summed E-state index contributed by atoms with van der Waals surface area (Å²) in [6, 6.07) is 11.1. The van der Waals surface area contributed by atoms with Crippen LogP contribution >= 0.6 is 11.8 Å². The van der Waals surface area contributed by atoms with Crippen molar-refractivity contribution in [2.24, 2.45) is 0 Å². The predicted molar refractivity (Wildman–Crippen MR) is 180 cm³/mol. The molecule has 0 aliphatic carbocycles. The average molecular weight is 673 g/mol. The number of sulfonamides is 1. The second kappa shape index (κ2) is 14.1. The van der Waals surface area contributed by atoms with Gasteiger partial charge in [-0.2, -0.15) is 0 Å². The number of piperazine rings is 1. The summed E-state index contributed by atoms with van der Waals surface area (Å²) in [5.74, 6) is 1.08. The van der Waals surface area contributed by atoms with E-state index in [2.05, 4.69) is 9.62 Å². The molecule has 1 unspecified atom stereocenters. The van der Waals surface area contributed by atoms with Crippen molar-refractivity contribution in [3.8, 4) is 11.5 Å². The Balaban J connectivity index is 1.33. The van der Waals surface area contributed by atoms with Crippen LogP contribution in [0.1, 0.15) is 67.6 Å². The molecule has 3 heterocycles. The Morgan fingerprint density at radius 1 is 1.07 bits per heavy atom. The number of benzene rings is 2. The van der Waals surface area contributed by atoms with Gasteiger partial charge in [0.25, 0.3) is 5.91 Å². The second-order valence-electron chi connectivity index (χ2n) is 12.6. The number of amides is 2. The zero-order valence-electron chi connectivity index (χ0n) is 27.2. The van der Waals surface area contributed by atoms with E-state index in [9.17, 15) is 18.0 Å². The van der Waals surface area contributed by atoms with Gasteiger partial charge in [-0.15, -0.1) is 11.8 Å². The van der Waals surface area contributed by atoms with Gasteiger partial charge in [0.2, 0.25) is 10.0 Å². The summed E-state index contributed by atoms with van der Waals surface area (Å²) in [5, 5.41) is 1.82. The smallest absolute Gasteiger partial charge is 0.410 e. The first-order chi connectivity index (χ1) is 21.9. The maximum absolute atomic E-state index is 14.0. The standard InChI is InChI=1S/C33H44N4O7S2/c1-33(2,3)44-32(39)36-18-16-35(17-19-36)27-10-6-9-24-25(27)22-37(31(24)38)26(23-13-14-28(42-4)29(21-23)43-5)11-7-15-34-46(40,41)30-12-8-20-45-30/h6,8-10,13-14,20-21,26,30,34H,7,11-12,15-19,22H2,1-5H3/t26-,30?/m1/s1. The van der Waals surface area contributed by atoms with Crippen molar-refractivity contribution in [2.75, 3.05) is 51.8 Å². The number of nitrogens with zero attached hydrogens (tertiary/aromatic N) is 3. The lowest BCUT2D eigenvalue weighted by molar-refractivity contribution is 0.0240. The molecule has 0 spiro atoms. The molecule has 2 aromatic rings. The van der Waals surface area contributed by atoms with E-state index in [0.29, 0.717) is 69.0 Å². The molecule has 0 aromatic heterocycles. The number of carbonyl (C=O) groups excluding carboxylic acids is 2. The Kier molecular flexibility index (Phi) is 10.4. The highest BCUT2D eigenvalue weighted by molar-refractivity contribution is 8.14. The van der Waals surface area contributed by atoms with Gasteiger partial charge in [-0.1, -0.05) is 18.2 Å². The quantitative estimate of drug-likeness (QED) is 0.324. The summed E-state index contributed by atoms with van der Waals surface area (Å²) < 4.78 is 44.4. The first kappa shape index (κ1) is 33.9. The summed E-state index contributed by atoms with van der Waals surface area (Å²) in [5.41, 5.74) is 2.92. The van der Waals surface area contributed by atoms with Crippen LogP contribution in [-0.2, 0) is 21.3 Å². The number of nitrogens with one attached hydrogen (secondary N) is 1. The Morgan fingerprint density at radius 3 is 2.46 bits per heavy atom. The van der Waals surface area contributed by atoms with Gasteiger partial charge in [-0.3, -0.25) is 4.79 Å². The van der Waals surface area contributed by atoms with E-state index >= 15 is 0 Å². The van der Waals surface area contributed by atoms with Gasteiger partial charge in [0.05, 0.1) is 20.3 Å². The molecular formula is C33H44N4O7S2. The van der Waals surface area contributed by atoms with Crippen molar-refractivity contribution >= 4 is 39.5 Å². The summed E-state index contributed by atoms with van der Waals surface area (Å²) in [4.78, 5) is 32.5. The Morgan fingerprint density at radius 2 is 1.80 bits per heavy atom. The van der Waals surface area contributed by atoms with Gasteiger partial charge in [0, 0.05) is 56.1 Å². The molecule has 1 fully saturated rings. The predicted octanol–water partition coefficient (Wildman–Crippen LogP) is 5.13. The summed E-state index contributed by atoms with van der Waals surface area (Å²) >= 11 is 1.31. The largest absolute Gasteiger partial charge is 0.493 e. The van der Waals surface area contributed by atoms with Crippen molar-refractivity contribution in [3.63, 3.8) is 0 Å². The fraction of sp³-hybridized carbons (Fsp3) is 0.515. The minimum Gasteiger partial charge on any atom is -0.493 e. The van der Waals surface area contributed by atoms with Crippen LogP contribution in [0.3, 0.4) is 0 Å². The van der Waals surface area contributed by atoms with E-state index < -0.39 is 20.2 Å². The molecule has 3 aliphatic heterocycles. The highest BCUT2D eigenvalue weighted by Gasteiger charge is 2.37. The third-order valence-corrected chi connectivity index (χ3v) is 11.8. The number of hydrogen-bond acceptors (Lipinski definition) is 9. The van der Waals surface area contributed by atoms with Crippen molar-refractivity contribution in [1.29, 1.82) is 0 Å². The van der Waals surface area contributed by atoms with Crippen LogP contribution in [0.25, 0.3) is 0 Å². The molecule has 11 nitrogen and oxygen atoms in total. The lowest BCUT2D eigenvalue weighted by atomic mass is 9.99. The molecule has 46 heavy (non-hydrogen) atoms. The number of methoxy groups -OCH3 is 2. The average Bonchev–Trinajstić information content (AvgIpc) is 3.69. The highest BCUT2D eigenvalue weighted by atomic mass is 32.3. The SMILES string of the molecule is COc1ccc([C@@H](CCCNS(=O)(=O)C2CC=CS2)N2Cc3c(cccc3N3CCN(C(=O)OC(C)(C)C)CC3)C2=O)cc1OC. The van der Waals surface area contributed by atoms with Crippen molar-refractivity contribution in [1.82, 2.24) is 14.5 Å². The zero-order chi connectivity index (χ0) is 33.1. The lowest BCUT2D eigenvalue weighted by Gasteiger charge is -2.37. The third-order valence-electron chi connectivity index (χ3n) is 8.37. The van der Waals surface area contributed by atoms with Crippen LogP contribution < -0.4 is 19.1 Å². The van der Waals surface area contributed by atoms with Gasteiger partial charge in [-0.25, -0.2) is 17.9 Å².